The summed E-state index contributed by atoms with van der Waals surface area (Å²) >= 11 is 0. The molecule has 100 valence electrons. The van der Waals surface area contributed by atoms with Gasteiger partial charge in [0.15, 0.2) is 6.04 Å². The van der Waals surface area contributed by atoms with Gasteiger partial charge in [-0.2, -0.15) is 0 Å². The lowest BCUT2D eigenvalue weighted by atomic mass is 10.1. The second-order valence-corrected chi connectivity index (χ2v) is 3.84. The fraction of sp³-hybridized carbons (Fsp3) is 0.0714. The highest BCUT2D eigenvalue weighted by Gasteiger charge is 2.19. The quantitative estimate of drug-likeness (QED) is 0.902. The van der Waals surface area contributed by atoms with Crippen LogP contribution < -0.4 is 5.32 Å². The Morgan fingerprint density at radius 2 is 1.79 bits per heavy atom. The number of anilines is 1. The van der Waals surface area contributed by atoms with Gasteiger partial charge < -0.3 is 10.4 Å². The van der Waals surface area contributed by atoms with E-state index in [0.29, 0.717) is 11.3 Å². The Balaban J connectivity index is 0.00000180. The van der Waals surface area contributed by atoms with E-state index in [1.54, 1.807) is 30.3 Å². The van der Waals surface area contributed by atoms with Crippen LogP contribution in [0.25, 0.3) is 0 Å². The number of hydrogen-bond acceptors (Lipinski definition) is 2. The lowest BCUT2D eigenvalue weighted by Crippen LogP contribution is -2.20. The minimum absolute atomic E-state index is 0. The molecule has 1 atom stereocenters. The van der Waals surface area contributed by atoms with Gasteiger partial charge in [-0.05, 0) is 23.8 Å². The first-order valence-corrected chi connectivity index (χ1v) is 5.46. The van der Waals surface area contributed by atoms with Crippen LogP contribution in [-0.2, 0) is 4.79 Å². The zero-order valence-electron chi connectivity index (χ0n) is 9.92. The van der Waals surface area contributed by atoms with Crippen LogP contribution in [0.3, 0.4) is 0 Å². The van der Waals surface area contributed by atoms with Crippen LogP contribution in [0.15, 0.2) is 54.6 Å². The van der Waals surface area contributed by atoms with Crippen LogP contribution in [0, 0.1) is 5.82 Å². The number of carboxylic acid groups (broad SMARTS) is 1. The molecule has 0 aliphatic heterocycles. The Morgan fingerprint density at radius 3 is 2.37 bits per heavy atom. The van der Waals surface area contributed by atoms with Gasteiger partial charge in [0.1, 0.15) is 5.82 Å². The summed E-state index contributed by atoms with van der Waals surface area (Å²) in [5.41, 5.74) is 1.06. The molecule has 0 fully saturated rings. The smallest absolute Gasteiger partial charge is 0.330 e. The monoisotopic (exact) mass is 281 g/mol. The Kier molecular flexibility index (Phi) is 5.33. The van der Waals surface area contributed by atoms with Crippen LogP contribution in [0.5, 0.6) is 0 Å². The van der Waals surface area contributed by atoms with Crippen molar-refractivity contribution in [2.24, 2.45) is 0 Å². The van der Waals surface area contributed by atoms with Crippen molar-refractivity contribution in [1.82, 2.24) is 0 Å². The van der Waals surface area contributed by atoms with E-state index >= 15 is 0 Å². The van der Waals surface area contributed by atoms with Crippen LogP contribution in [0.2, 0.25) is 0 Å². The highest BCUT2D eigenvalue weighted by atomic mass is 35.5. The van der Waals surface area contributed by atoms with Crippen molar-refractivity contribution in [2.45, 2.75) is 6.04 Å². The van der Waals surface area contributed by atoms with Gasteiger partial charge in [0.25, 0.3) is 0 Å². The molecule has 0 heterocycles. The van der Waals surface area contributed by atoms with Crippen molar-refractivity contribution in [2.75, 3.05) is 5.32 Å². The zero-order chi connectivity index (χ0) is 13.0. The summed E-state index contributed by atoms with van der Waals surface area (Å²) in [5, 5.41) is 12.0. The number of hydrogen-bond donors (Lipinski definition) is 2. The summed E-state index contributed by atoms with van der Waals surface area (Å²) in [6.45, 7) is 0. The largest absolute Gasteiger partial charge is 0.479 e. The van der Waals surface area contributed by atoms with Crippen molar-refractivity contribution in [1.29, 1.82) is 0 Å². The molecule has 0 spiro atoms. The molecule has 1 unspecified atom stereocenters. The Morgan fingerprint density at radius 1 is 1.11 bits per heavy atom. The number of carboxylic acids is 1. The maximum absolute atomic E-state index is 13.0. The normalized spacial score (nSPS) is 11.2. The van der Waals surface area contributed by atoms with Gasteiger partial charge >= 0.3 is 5.97 Å². The van der Waals surface area contributed by atoms with Crippen LogP contribution in [0.1, 0.15) is 11.6 Å². The standard InChI is InChI=1S/C14H12FNO2.ClH/c15-11-7-4-8-12(9-11)16-13(14(17)18)10-5-2-1-3-6-10;/h1-9,13,16H,(H,17,18);1H. The van der Waals surface area contributed by atoms with Crippen LogP contribution >= 0.6 is 12.4 Å². The van der Waals surface area contributed by atoms with Gasteiger partial charge in [-0.15, -0.1) is 12.4 Å². The fourth-order valence-corrected chi connectivity index (χ4v) is 1.68. The molecule has 0 amide bonds. The Labute approximate surface area is 116 Å². The number of halogens is 2. The number of benzene rings is 2. The van der Waals surface area contributed by atoms with Gasteiger partial charge in [0.2, 0.25) is 0 Å². The number of carbonyl (C=O) groups is 1. The van der Waals surface area contributed by atoms with E-state index in [1.165, 1.54) is 18.2 Å². The third-order valence-corrected chi connectivity index (χ3v) is 2.52. The third kappa shape index (κ3) is 3.96. The molecular weight excluding hydrogens is 269 g/mol. The summed E-state index contributed by atoms with van der Waals surface area (Å²) in [6, 6.07) is 13.6. The molecule has 0 saturated heterocycles. The highest BCUT2D eigenvalue weighted by molar-refractivity contribution is 5.85. The van der Waals surface area contributed by atoms with Crippen molar-refractivity contribution >= 4 is 24.1 Å². The molecule has 5 heteroatoms. The molecule has 2 aromatic carbocycles. The molecule has 0 aliphatic rings. The molecule has 2 rings (SSSR count). The first-order chi connectivity index (χ1) is 8.66. The molecule has 0 bridgehead atoms. The second kappa shape index (κ2) is 6.75. The van der Waals surface area contributed by atoms with Crippen molar-refractivity contribution < 1.29 is 14.3 Å². The predicted molar refractivity (Wildman–Crippen MR) is 74.1 cm³/mol. The van der Waals surface area contributed by atoms with Crippen molar-refractivity contribution in [3.8, 4) is 0 Å². The summed E-state index contributed by atoms with van der Waals surface area (Å²) in [6.07, 6.45) is 0. The van der Waals surface area contributed by atoms with Crippen LogP contribution in [-0.4, -0.2) is 11.1 Å². The van der Waals surface area contributed by atoms with E-state index in [9.17, 15) is 14.3 Å². The van der Waals surface area contributed by atoms with E-state index < -0.39 is 17.8 Å². The molecular formula is C14H13ClFNO2. The van der Waals surface area contributed by atoms with Crippen LogP contribution in [0.4, 0.5) is 10.1 Å². The van der Waals surface area contributed by atoms with E-state index in [1.807, 2.05) is 6.07 Å². The SMILES string of the molecule is Cl.O=C(O)C(Nc1cccc(F)c1)c1ccccc1. The minimum atomic E-state index is -1.01. The van der Waals surface area contributed by atoms with Gasteiger partial charge in [-0.1, -0.05) is 36.4 Å². The topological polar surface area (TPSA) is 49.3 Å². The molecule has 0 radical (unpaired) electrons. The second-order valence-electron chi connectivity index (χ2n) is 3.84. The average molecular weight is 282 g/mol. The van der Waals surface area contributed by atoms with E-state index in [4.69, 9.17) is 0 Å². The number of aliphatic carboxylic acids is 1. The number of nitrogens with one attached hydrogen (secondary N) is 1. The zero-order valence-corrected chi connectivity index (χ0v) is 10.7. The van der Waals surface area contributed by atoms with E-state index in [-0.39, 0.29) is 12.4 Å². The molecule has 0 saturated carbocycles. The van der Waals surface area contributed by atoms with Gasteiger partial charge in [-0.3, -0.25) is 0 Å². The summed E-state index contributed by atoms with van der Waals surface area (Å²) in [4.78, 5) is 11.2. The van der Waals surface area contributed by atoms with Crippen molar-refractivity contribution in [3.05, 3.63) is 66.0 Å². The highest BCUT2D eigenvalue weighted by Crippen LogP contribution is 2.20. The summed E-state index contributed by atoms with van der Waals surface area (Å²) in [7, 11) is 0. The van der Waals surface area contributed by atoms with Gasteiger partial charge in [0, 0.05) is 5.69 Å². The maximum atomic E-state index is 13.0. The molecule has 2 aromatic rings. The fourth-order valence-electron chi connectivity index (χ4n) is 1.68. The first-order valence-electron chi connectivity index (χ1n) is 5.46. The molecule has 2 N–H and O–H groups in total. The minimum Gasteiger partial charge on any atom is -0.479 e. The van der Waals surface area contributed by atoms with Crippen molar-refractivity contribution in [3.63, 3.8) is 0 Å². The predicted octanol–water partition coefficient (Wildman–Crippen LogP) is 3.49. The number of rotatable bonds is 4. The lowest BCUT2D eigenvalue weighted by Gasteiger charge is -2.16. The third-order valence-electron chi connectivity index (χ3n) is 2.52. The van der Waals surface area contributed by atoms with E-state index in [2.05, 4.69) is 5.32 Å². The molecule has 3 nitrogen and oxygen atoms in total. The Bertz CT molecular complexity index is 548. The maximum Gasteiger partial charge on any atom is 0.330 e. The van der Waals surface area contributed by atoms with E-state index in [0.717, 1.165) is 0 Å². The summed E-state index contributed by atoms with van der Waals surface area (Å²) in [5.74, 6) is -1.41. The molecule has 0 aliphatic carbocycles. The summed E-state index contributed by atoms with van der Waals surface area (Å²) < 4.78 is 13.0. The molecule has 19 heavy (non-hydrogen) atoms. The average Bonchev–Trinajstić information content (AvgIpc) is 2.37. The lowest BCUT2D eigenvalue weighted by molar-refractivity contribution is -0.138. The van der Waals surface area contributed by atoms with Gasteiger partial charge in [-0.25, -0.2) is 9.18 Å². The first kappa shape index (κ1) is 15.0. The molecule has 0 aromatic heterocycles. The van der Waals surface area contributed by atoms with Gasteiger partial charge in [0.05, 0.1) is 0 Å². The Hall–Kier alpha value is -2.07.